The summed E-state index contributed by atoms with van der Waals surface area (Å²) in [6.07, 6.45) is 1.63. The number of nitrogens with zero attached hydrogens (tertiary/aromatic N) is 1. The van der Waals surface area contributed by atoms with Gasteiger partial charge in [0.15, 0.2) is 0 Å². The molecular weight excluding hydrogens is 352 g/mol. The molecule has 1 aromatic heterocycles. The van der Waals surface area contributed by atoms with Crippen molar-refractivity contribution in [2.75, 3.05) is 0 Å². The quantitative estimate of drug-likeness (QED) is 0.850. The number of nitrogens with one attached hydrogen (secondary N) is 1. The molecule has 0 atom stereocenters. The fourth-order valence-corrected chi connectivity index (χ4v) is 4.19. The molecule has 2 aromatic rings. The molecule has 2 rings (SSSR count). The van der Waals surface area contributed by atoms with Crippen LogP contribution in [0.5, 0.6) is 0 Å². The Kier molecular flexibility index (Phi) is 4.69. The van der Waals surface area contributed by atoms with Crippen molar-refractivity contribution in [2.24, 2.45) is 0 Å². The number of thiazole rings is 1. The Morgan fingerprint density at radius 1 is 1.42 bits per heavy atom. The van der Waals surface area contributed by atoms with Gasteiger partial charge in [0.05, 0.1) is 18.0 Å². The van der Waals surface area contributed by atoms with E-state index in [0.717, 1.165) is 0 Å². The fourth-order valence-electron chi connectivity index (χ4n) is 1.44. The van der Waals surface area contributed by atoms with E-state index in [1.165, 1.54) is 17.4 Å². The fraction of sp³-hybridized carbons (Fsp3) is 0.182. The Bertz CT molecular complexity index is 657. The van der Waals surface area contributed by atoms with Crippen LogP contribution in [0.1, 0.15) is 10.6 Å². The maximum Gasteiger partial charge on any atom is 0.242 e. The number of hydrogen-bond acceptors (Lipinski definition) is 5. The van der Waals surface area contributed by atoms with Gasteiger partial charge in [-0.25, -0.2) is 18.1 Å². The summed E-state index contributed by atoms with van der Waals surface area (Å²) in [5, 5.41) is 11.5. The van der Waals surface area contributed by atoms with E-state index in [2.05, 4.69) is 25.6 Å². The maximum atomic E-state index is 12.1. The molecule has 1 aromatic carbocycles. The second kappa shape index (κ2) is 6.10. The first kappa shape index (κ1) is 14.6. The summed E-state index contributed by atoms with van der Waals surface area (Å²) in [6, 6.07) is 4.61. The number of aliphatic hydroxyl groups excluding tert-OH is 1. The van der Waals surface area contributed by atoms with E-state index in [-0.39, 0.29) is 18.0 Å². The molecule has 0 amide bonds. The van der Waals surface area contributed by atoms with Crippen LogP contribution in [0, 0.1) is 0 Å². The van der Waals surface area contributed by atoms with Crippen molar-refractivity contribution in [2.45, 2.75) is 18.0 Å². The normalized spacial score (nSPS) is 11.7. The standard InChI is InChI=1S/C11H11BrN2O3S2/c12-9-5-8(7-15)1-2-10(9)19(16,17)14-6-11-13-3-4-18-11/h1-5,14-15H,6-7H2. The van der Waals surface area contributed by atoms with Crippen LogP contribution in [0.3, 0.4) is 0 Å². The van der Waals surface area contributed by atoms with Crippen LogP contribution in [0.4, 0.5) is 0 Å². The van der Waals surface area contributed by atoms with Gasteiger partial charge in [-0.3, -0.25) is 0 Å². The van der Waals surface area contributed by atoms with Gasteiger partial charge >= 0.3 is 0 Å². The average Bonchev–Trinajstić information content (AvgIpc) is 2.89. The Morgan fingerprint density at radius 3 is 2.79 bits per heavy atom. The monoisotopic (exact) mass is 362 g/mol. The molecule has 0 aliphatic carbocycles. The smallest absolute Gasteiger partial charge is 0.242 e. The highest BCUT2D eigenvalue weighted by molar-refractivity contribution is 9.10. The van der Waals surface area contributed by atoms with Gasteiger partial charge in [0.1, 0.15) is 5.01 Å². The van der Waals surface area contributed by atoms with Crippen molar-refractivity contribution < 1.29 is 13.5 Å². The van der Waals surface area contributed by atoms with Crippen molar-refractivity contribution in [3.8, 4) is 0 Å². The number of halogens is 1. The zero-order valence-corrected chi connectivity index (χ0v) is 12.9. The Labute approximate surface area is 123 Å². The van der Waals surface area contributed by atoms with Crippen molar-refractivity contribution >= 4 is 37.3 Å². The zero-order valence-electron chi connectivity index (χ0n) is 9.71. The van der Waals surface area contributed by atoms with Crippen molar-refractivity contribution in [3.05, 3.63) is 44.8 Å². The molecular formula is C11H11BrN2O3S2. The van der Waals surface area contributed by atoms with E-state index < -0.39 is 10.0 Å². The molecule has 0 saturated carbocycles. The summed E-state index contributed by atoms with van der Waals surface area (Å²) in [5.41, 5.74) is 0.644. The minimum absolute atomic E-state index is 0.133. The van der Waals surface area contributed by atoms with E-state index in [0.29, 0.717) is 15.0 Å². The molecule has 2 N–H and O–H groups in total. The summed E-state index contributed by atoms with van der Waals surface area (Å²) in [6.45, 7) is 0.0274. The molecule has 0 fully saturated rings. The SMILES string of the molecule is O=S(=O)(NCc1nccs1)c1ccc(CO)cc1Br. The van der Waals surface area contributed by atoms with Crippen molar-refractivity contribution in [1.82, 2.24) is 9.71 Å². The Balaban J connectivity index is 2.19. The summed E-state index contributed by atoms with van der Waals surface area (Å²) < 4.78 is 27.1. The second-order valence-electron chi connectivity index (χ2n) is 3.67. The molecule has 1 heterocycles. The van der Waals surface area contributed by atoms with Gasteiger partial charge < -0.3 is 5.11 Å². The van der Waals surface area contributed by atoms with E-state index in [1.807, 2.05) is 0 Å². The number of sulfonamides is 1. The highest BCUT2D eigenvalue weighted by Gasteiger charge is 2.17. The van der Waals surface area contributed by atoms with E-state index in [9.17, 15) is 8.42 Å². The van der Waals surface area contributed by atoms with Gasteiger partial charge in [-0.05, 0) is 33.6 Å². The predicted octanol–water partition coefficient (Wildman–Crippen LogP) is 1.88. The number of hydrogen-bond donors (Lipinski definition) is 2. The highest BCUT2D eigenvalue weighted by atomic mass is 79.9. The van der Waals surface area contributed by atoms with Crippen LogP contribution in [0.25, 0.3) is 0 Å². The number of aliphatic hydroxyl groups is 1. The number of benzene rings is 1. The van der Waals surface area contributed by atoms with E-state index in [4.69, 9.17) is 5.11 Å². The first-order valence-corrected chi connectivity index (χ1v) is 8.46. The van der Waals surface area contributed by atoms with Crippen LogP contribution in [-0.2, 0) is 23.2 Å². The summed E-state index contributed by atoms with van der Waals surface area (Å²) in [4.78, 5) is 4.15. The third-order valence-electron chi connectivity index (χ3n) is 2.37. The lowest BCUT2D eigenvalue weighted by molar-refractivity contribution is 0.281. The Morgan fingerprint density at radius 2 is 2.21 bits per heavy atom. The van der Waals surface area contributed by atoms with E-state index >= 15 is 0 Å². The van der Waals surface area contributed by atoms with Crippen LogP contribution in [-0.4, -0.2) is 18.5 Å². The molecule has 0 aliphatic heterocycles. The minimum Gasteiger partial charge on any atom is -0.392 e. The van der Waals surface area contributed by atoms with Gasteiger partial charge in [0.2, 0.25) is 10.0 Å². The lowest BCUT2D eigenvalue weighted by atomic mass is 10.2. The lowest BCUT2D eigenvalue weighted by Gasteiger charge is -2.08. The van der Waals surface area contributed by atoms with Gasteiger partial charge in [-0.2, -0.15) is 0 Å². The first-order chi connectivity index (χ1) is 9.03. The van der Waals surface area contributed by atoms with Crippen LogP contribution >= 0.6 is 27.3 Å². The zero-order chi connectivity index (χ0) is 13.9. The first-order valence-electron chi connectivity index (χ1n) is 5.30. The molecule has 8 heteroatoms. The highest BCUT2D eigenvalue weighted by Crippen LogP contribution is 2.23. The van der Waals surface area contributed by atoms with Gasteiger partial charge in [-0.15, -0.1) is 11.3 Å². The summed E-state index contributed by atoms with van der Waals surface area (Å²) in [7, 11) is -3.60. The van der Waals surface area contributed by atoms with Gasteiger partial charge in [0, 0.05) is 16.0 Å². The Hall–Kier alpha value is -0.800. The third-order valence-corrected chi connectivity index (χ3v) is 5.52. The third kappa shape index (κ3) is 3.61. The topological polar surface area (TPSA) is 79.3 Å². The van der Waals surface area contributed by atoms with Gasteiger partial charge in [-0.1, -0.05) is 6.07 Å². The average molecular weight is 363 g/mol. The van der Waals surface area contributed by atoms with Crippen molar-refractivity contribution in [1.29, 1.82) is 0 Å². The molecule has 102 valence electrons. The maximum absolute atomic E-state index is 12.1. The lowest BCUT2D eigenvalue weighted by Crippen LogP contribution is -2.23. The summed E-state index contributed by atoms with van der Waals surface area (Å²) >= 11 is 4.59. The minimum atomic E-state index is -3.60. The van der Waals surface area contributed by atoms with Crippen molar-refractivity contribution in [3.63, 3.8) is 0 Å². The molecule has 0 aliphatic rings. The second-order valence-corrected chi connectivity index (χ2v) is 7.24. The molecule has 19 heavy (non-hydrogen) atoms. The van der Waals surface area contributed by atoms with Gasteiger partial charge in [0.25, 0.3) is 0 Å². The molecule has 0 radical (unpaired) electrons. The number of aromatic nitrogens is 1. The van der Waals surface area contributed by atoms with Crippen LogP contribution in [0.15, 0.2) is 39.1 Å². The molecule has 0 saturated heterocycles. The molecule has 0 spiro atoms. The molecule has 0 bridgehead atoms. The predicted molar refractivity (Wildman–Crippen MR) is 76.2 cm³/mol. The molecule has 5 nitrogen and oxygen atoms in total. The van der Waals surface area contributed by atoms with Crippen LogP contribution in [0.2, 0.25) is 0 Å². The van der Waals surface area contributed by atoms with Crippen LogP contribution < -0.4 is 4.72 Å². The molecule has 0 unspecified atom stereocenters. The largest absolute Gasteiger partial charge is 0.392 e. The number of rotatable bonds is 5. The van der Waals surface area contributed by atoms with E-state index in [1.54, 1.807) is 23.7 Å². The summed E-state index contributed by atoms with van der Waals surface area (Å²) in [5.74, 6) is 0.